The number of hydrogen-bond acceptors (Lipinski definition) is 5. The molecule has 0 radical (unpaired) electrons. The van der Waals surface area contributed by atoms with Gasteiger partial charge in [-0.3, -0.25) is 4.79 Å². The molecule has 0 aliphatic carbocycles. The highest BCUT2D eigenvalue weighted by atomic mass is 16.5. The van der Waals surface area contributed by atoms with Gasteiger partial charge in [0, 0.05) is 0 Å². The minimum absolute atomic E-state index is 0.00933. The molecule has 0 aliphatic heterocycles. The number of methoxy groups -OCH3 is 1. The Balaban J connectivity index is 2.31. The van der Waals surface area contributed by atoms with Crippen molar-refractivity contribution in [3.05, 3.63) is 53.5 Å². The quantitative estimate of drug-likeness (QED) is 0.435. The summed E-state index contributed by atoms with van der Waals surface area (Å²) in [7, 11) is 1.56. The van der Waals surface area contributed by atoms with Gasteiger partial charge in [-0.25, -0.2) is 0 Å². The molecule has 0 N–H and O–H groups in total. The smallest absolute Gasteiger partial charge is 0.238 e. The second-order valence-electron chi connectivity index (χ2n) is 5.59. The molecule has 0 bridgehead atoms. The van der Waals surface area contributed by atoms with Crippen LogP contribution in [0, 0.1) is 17.2 Å². The van der Waals surface area contributed by atoms with Crippen LogP contribution in [0.3, 0.4) is 0 Å². The molecule has 0 fully saturated rings. The van der Waals surface area contributed by atoms with Crippen molar-refractivity contribution in [3.63, 3.8) is 0 Å². The van der Waals surface area contributed by atoms with Crippen LogP contribution in [0.15, 0.2) is 46.6 Å². The van der Waals surface area contributed by atoms with Crippen LogP contribution >= 0.6 is 0 Å². The average molecular weight is 325 g/mol. The summed E-state index contributed by atoms with van der Waals surface area (Å²) in [5.74, 6) is 1.21. The van der Waals surface area contributed by atoms with Crippen LogP contribution in [0.25, 0.3) is 6.08 Å². The zero-order valence-corrected chi connectivity index (χ0v) is 13.9. The Morgan fingerprint density at radius 1 is 1.33 bits per heavy atom. The van der Waals surface area contributed by atoms with E-state index >= 15 is 0 Å². The number of nitrogens with zero attached hydrogens (tertiary/aromatic N) is 1. The third-order valence-corrected chi connectivity index (χ3v) is 3.18. The number of Topliss-reactive ketones (excluding diaryl/α,β-unsaturated/α-hetero) is 1. The van der Waals surface area contributed by atoms with Gasteiger partial charge in [-0.05, 0) is 41.8 Å². The number of nitriles is 1. The third-order valence-electron chi connectivity index (χ3n) is 3.18. The van der Waals surface area contributed by atoms with E-state index in [4.69, 9.17) is 13.9 Å². The molecule has 0 unspecified atom stereocenters. The Hall–Kier alpha value is -3.00. The highest BCUT2D eigenvalue weighted by molar-refractivity contribution is 6.12. The van der Waals surface area contributed by atoms with E-state index in [9.17, 15) is 10.1 Å². The monoisotopic (exact) mass is 325 g/mol. The normalized spacial score (nSPS) is 11.2. The summed E-state index contributed by atoms with van der Waals surface area (Å²) in [6, 6.07) is 10.3. The first kappa shape index (κ1) is 17.4. The van der Waals surface area contributed by atoms with E-state index in [1.807, 2.05) is 19.9 Å². The first-order valence-electron chi connectivity index (χ1n) is 7.56. The summed E-state index contributed by atoms with van der Waals surface area (Å²) in [6.45, 7) is 4.64. The summed E-state index contributed by atoms with van der Waals surface area (Å²) in [5, 5.41) is 9.27. The summed E-state index contributed by atoms with van der Waals surface area (Å²) < 4.78 is 16.1. The molecule has 5 nitrogen and oxygen atoms in total. The number of carbonyl (C=O) groups excluding carboxylic acids is 1. The van der Waals surface area contributed by atoms with Gasteiger partial charge < -0.3 is 13.9 Å². The van der Waals surface area contributed by atoms with Gasteiger partial charge in [0.05, 0.1) is 20.0 Å². The lowest BCUT2D eigenvalue weighted by Gasteiger charge is -2.13. The Kier molecular flexibility index (Phi) is 5.80. The van der Waals surface area contributed by atoms with Gasteiger partial charge in [0.15, 0.2) is 17.3 Å². The molecule has 1 aromatic heterocycles. The Morgan fingerprint density at radius 3 is 2.71 bits per heavy atom. The minimum atomic E-state index is -0.456. The fourth-order valence-electron chi connectivity index (χ4n) is 2.01. The van der Waals surface area contributed by atoms with Gasteiger partial charge in [-0.15, -0.1) is 0 Å². The summed E-state index contributed by atoms with van der Waals surface area (Å²) in [5.41, 5.74) is 0.663. The predicted octanol–water partition coefficient (Wildman–Crippen LogP) is 4.11. The first-order valence-corrected chi connectivity index (χ1v) is 7.56. The SMILES string of the molecule is COc1ccc(/C=C(\C#N)C(=O)c2ccco2)cc1OCC(C)C. The Morgan fingerprint density at radius 2 is 2.12 bits per heavy atom. The molecule has 1 heterocycles. The Labute approximate surface area is 141 Å². The predicted molar refractivity (Wildman–Crippen MR) is 90.0 cm³/mol. The number of ether oxygens (including phenoxy) is 2. The molecule has 124 valence electrons. The zero-order chi connectivity index (χ0) is 17.5. The highest BCUT2D eigenvalue weighted by Gasteiger charge is 2.15. The molecule has 24 heavy (non-hydrogen) atoms. The van der Waals surface area contributed by atoms with Gasteiger partial charge in [0.25, 0.3) is 0 Å². The number of ketones is 1. The minimum Gasteiger partial charge on any atom is -0.493 e. The summed E-state index contributed by atoms with van der Waals surface area (Å²) in [4.78, 5) is 12.2. The van der Waals surface area contributed by atoms with E-state index in [1.54, 1.807) is 31.4 Å². The number of hydrogen-bond donors (Lipinski definition) is 0. The molecule has 0 amide bonds. The van der Waals surface area contributed by atoms with E-state index in [0.717, 1.165) is 0 Å². The molecule has 0 atom stereocenters. The van der Waals surface area contributed by atoms with Crippen molar-refractivity contribution in [3.8, 4) is 17.6 Å². The van der Waals surface area contributed by atoms with Crippen LogP contribution in [0.5, 0.6) is 11.5 Å². The lowest BCUT2D eigenvalue weighted by Crippen LogP contribution is -2.05. The van der Waals surface area contributed by atoms with E-state index in [-0.39, 0.29) is 11.3 Å². The van der Waals surface area contributed by atoms with Crippen molar-refractivity contribution in [2.45, 2.75) is 13.8 Å². The number of furan rings is 1. The van der Waals surface area contributed by atoms with E-state index < -0.39 is 5.78 Å². The second-order valence-corrected chi connectivity index (χ2v) is 5.59. The summed E-state index contributed by atoms with van der Waals surface area (Å²) >= 11 is 0. The lowest BCUT2D eigenvalue weighted by atomic mass is 10.1. The van der Waals surface area contributed by atoms with Crippen LogP contribution in [-0.2, 0) is 0 Å². The second kappa shape index (κ2) is 8.02. The van der Waals surface area contributed by atoms with Crippen LogP contribution < -0.4 is 9.47 Å². The molecule has 2 aromatic rings. The number of allylic oxidation sites excluding steroid dienone is 1. The maximum Gasteiger partial charge on any atom is 0.238 e. The maximum absolute atomic E-state index is 12.2. The topological polar surface area (TPSA) is 72.5 Å². The standard InChI is InChI=1S/C19H19NO4/c1-13(2)12-24-18-10-14(6-7-16(18)22-3)9-15(11-20)19(21)17-5-4-8-23-17/h4-10,13H,12H2,1-3H3/b15-9+. The van der Waals surface area contributed by atoms with Crippen molar-refractivity contribution in [1.82, 2.24) is 0 Å². The molecule has 0 spiro atoms. The van der Waals surface area contributed by atoms with Crippen LogP contribution in [-0.4, -0.2) is 19.5 Å². The molecule has 0 aliphatic rings. The Bertz CT molecular complexity index is 767. The first-order chi connectivity index (χ1) is 11.5. The highest BCUT2D eigenvalue weighted by Crippen LogP contribution is 2.29. The van der Waals surface area contributed by atoms with Crippen molar-refractivity contribution < 1.29 is 18.7 Å². The number of benzene rings is 1. The van der Waals surface area contributed by atoms with Crippen LogP contribution in [0.2, 0.25) is 0 Å². The zero-order valence-electron chi connectivity index (χ0n) is 13.9. The van der Waals surface area contributed by atoms with Gasteiger partial charge in [0.1, 0.15) is 11.6 Å². The van der Waals surface area contributed by atoms with Gasteiger partial charge in [-0.1, -0.05) is 19.9 Å². The van der Waals surface area contributed by atoms with E-state index in [1.165, 1.54) is 18.4 Å². The summed E-state index contributed by atoms with van der Waals surface area (Å²) in [6.07, 6.45) is 2.90. The number of carbonyl (C=O) groups is 1. The molecule has 0 saturated carbocycles. The fourth-order valence-corrected chi connectivity index (χ4v) is 2.01. The molecule has 0 saturated heterocycles. The van der Waals surface area contributed by atoms with Gasteiger partial charge >= 0.3 is 0 Å². The van der Waals surface area contributed by atoms with Crippen molar-refractivity contribution in [1.29, 1.82) is 5.26 Å². The van der Waals surface area contributed by atoms with Gasteiger partial charge in [0.2, 0.25) is 5.78 Å². The average Bonchev–Trinajstić information content (AvgIpc) is 3.11. The molecule has 2 rings (SSSR count). The van der Waals surface area contributed by atoms with E-state index in [2.05, 4.69) is 0 Å². The maximum atomic E-state index is 12.2. The number of rotatable bonds is 7. The lowest BCUT2D eigenvalue weighted by molar-refractivity contribution is 0.101. The molecular formula is C19H19NO4. The van der Waals surface area contributed by atoms with Crippen molar-refractivity contribution in [2.24, 2.45) is 5.92 Å². The molecule has 5 heteroatoms. The van der Waals surface area contributed by atoms with Crippen LogP contribution in [0.1, 0.15) is 30.0 Å². The van der Waals surface area contributed by atoms with Crippen LogP contribution in [0.4, 0.5) is 0 Å². The largest absolute Gasteiger partial charge is 0.493 e. The van der Waals surface area contributed by atoms with Crippen molar-refractivity contribution >= 4 is 11.9 Å². The van der Waals surface area contributed by atoms with Gasteiger partial charge in [-0.2, -0.15) is 5.26 Å². The fraction of sp³-hybridized carbons (Fsp3) is 0.263. The molecular weight excluding hydrogens is 306 g/mol. The third kappa shape index (κ3) is 4.26. The molecule has 1 aromatic carbocycles. The van der Waals surface area contributed by atoms with Crippen molar-refractivity contribution in [2.75, 3.05) is 13.7 Å². The van der Waals surface area contributed by atoms with E-state index in [0.29, 0.717) is 29.6 Å².